The lowest BCUT2D eigenvalue weighted by Crippen LogP contribution is -2.26. The average Bonchev–Trinajstić information content (AvgIpc) is 2.38. The molecule has 1 unspecified atom stereocenters. The minimum atomic E-state index is -0.592. The molecule has 1 aliphatic heterocycles. The Morgan fingerprint density at radius 2 is 2.23 bits per heavy atom. The highest BCUT2D eigenvalue weighted by Gasteiger charge is 2.39. The predicted molar refractivity (Wildman–Crippen MR) is 46.4 cm³/mol. The van der Waals surface area contributed by atoms with E-state index in [1.807, 2.05) is 6.92 Å². The number of hydroxylamine groups is 2. The Bertz CT molecular complexity index is 247. The highest BCUT2D eigenvalue weighted by Crippen LogP contribution is 2.18. The Balaban J connectivity index is 2.62. The lowest BCUT2D eigenvalue weighted by molar-refractivity contribution is -0.176. The van der Waals surface area contributed by atoms with Crippen LogP contribution >= 0.6 is 0 Å². The zero-order valence-corrected chi connectivity index (χ0v) is 7.82. The fourth-order valence-corrected chi connectivity index (χ4v) is 1.16. The first-order valence-corrected chi connectivity index (χ1v) is 4.35. The monoisotopic (exact) mass is 183 g/mol. The number of amides is 1. The van der Waals surface area contributed by atoms with E-state index < -0.39 is 11.9 Å². The van der Waals surface area contributed by atoms with Crippen molar-refractivity contribution < 1.29 is 14.4 Å². The molecule has 1 atom stereocenters. The molecule has 0 N–H and O–H groups in total. The van der Waals surface area contributed by atoms with Crippen molar-refractivity contribution in [2.24, 2.45) is 5.92 Å². The Kier molecular flexibility index (Phi) is 3.06. The molecule has 1 heterocycles. The van der Waals surface area contributed by atoms with Crippen molar-refractivity contribution in [3.05, 3.63) is 12.2 Å². The van der Waals surface area contributed by atoms with E-state index in [1.165, 1.54) is 0 Å². The van der Waals surface area contributed by atoms with Gasteiger partial charge in [-0.1, -0.05) is 19.1 Å². The van der Waals surface area contributed by atoms with Crippen LogP contribution in [0.5, 0.6) is 0 Å². The van der Waals surface area contributed by atoms with Crippen LogP contribution in [0.4, 0.5) is 0 Å². The third-order valence-corrected chi connectivity index (χ3v) is 1.94. The molecule has 72 valence electrons. The summed E-state index contributed by atoms with van der Waals surface area (Å²) in [5.74, 6) is -1.26. The smallest absolute Gasteiger partial charge is 0.337 e. The van der Waals surface area contributed by atoms with E-state index in [1.54, 1.807) is 19.1 Å². The summed E-state index contributed by atoms with van der Waals surface area (Å²) in [5, 5.41) is 1.11. The minimum Gasteiger partial charge on any atom is -0.337 e. The molecule has 1 saturated heterocycles. The second-order valence-electron chi connectivity index (χ2n) is 2.84. The van der Waals surface area contributed by atoms with Gasteiger partial charge in [0, 0.05) is 0 Å². The summed E-state index contributed by atoms with van der Waals surface area (Å²) in [5.41, 5.74) is 0. The molecule has 0 aromatic heterocycles. The lowest BCUT2D eigenvalue weighted by Gasteiger charge is -2.09. The first-order valence-electron chi connectivity index (χ1n) is 4.35. The van der Waals surface area contributed by atoms with Gasteiger partial charge in [0.15, 0.2) is 0 Å². The van der Waals surface area contributed by atoms with Crippen LogP contribution in [0.3, 0.4) is 0 Å². The molecular weight excluding hydrogens is 170 g/mol. The molecule has 4 heteroatoms. The van der Waals surface area contributed by atoms with Crippen molar-refractivity contribution in [2.45, 2.75) is 20.3 Å². The van der Waals surface area contributed by atoms with Gasteiger partial charge < -0.3 is 4.84 Å². The van der Waals surface area contributed by atoms with E-state index in [9.17, 15) is 9.59 Å². The highest BCUT2D eigenvalue weighted by molar-refractivity contribution is 6.01. The maximum Gasteiger partial charge on any atom is 0.345 e. The molecule has 0 aliphatic carbocycles. The van der Waals surface area contributed by atoms with Crippen LogP contribution in [0.15, 0.2) is 12.2 Å². The standard InChI is InChI=1S/C9H13NO3/c1-3-5-6-10-8(11)7(4-2)9(12)13-10/h3,5,7H,4,6H2,1-2H3/b5-3+. The first kappa shape index (κ1) is 9.77. The molecule has 1 rings (SSSR count). The van der Waals surface area contributed by atoms with E-state index in [4.69, 9.17) is 4.84 Å². The summed E-state index contributed by atoms with van der Waals surface area (Å²) in [4.78, 5) is 27.3. The Morgan fingerprint density at radius 3 is 2.69 bits per heavy atom. The van der Waals surface area contributed by atoms with Gasteiger partial charge in [0.1, 0.15) is 5.92 Å². The van der Waals surface area contributed by atoms with Gasteiger partial charge in [-0.25, -0.2) is 4.79 Å². The van der Waals surface area contributed by atoms with Crippen molar-refractivity contribution in [2.75, 3.05) is 6.54 Å². The van der Waals surface area contributed by atoms with E-state index in [0.717, 1.165) is 5.06 Å². The fraction of sp³-hybridized carbons (Fsp3) is 0.556. The van der Waals surface area contributed by atoms with Gasteiger partial charge in [0.25, 0.3) is 5.91 Å². The average molecular weight is 183 g/mol. The number of nitrogens with zero attached hydrogens (tertiary/aromatic N) is 1. The van der Waals surface area contributed by atoms with Crippen molar-refractivity contribution >= 4 is 11.9 Å². The van der Waals surface area contributed by atoms with Crippen molar-refractivity contribution in [3.63, 3.8) is 0 Å². The second-order valence-corrected chi connectivity index (χ2v) is 2.84. The third kappa shape index (κ3) is 1.88. The zero-order chi connectivity index (χ0) is 9.84. The van der Waals surface area contributed by atoms with E-state index in [0.29, 0.717) is 13.0 Å². The fourth-order valence-electron chi connectivity index (χ4n) is 1.16. The molecule has 4 nitrogen and oxygen atoms in total. The van der Waals surface area contributed by atoms with Gasteiger partial charge >= 0.3 is 5.97 Å². The van der Waals surface area contributed by atoms with Crippen LogP contribution in [0.25, 0.3) is 0 Å². The summed E-state index contributed by atoms with van der Waals surface area (Å²) in [6.07, 6.45) is 4.08. The Hall–Kier alpha value is -1.32. The van der Waals surface area contributed by atoms with Gasteiger partial charge in [-0.05, 0) is 13.3 Å². The largest absolute Gasteiger partial charge is 0.345 e. The summed E-state index contributed by atoms with van der Waals surface area (Å²) in [6, 6.07) is 0. The normalized spacial score (nSPS) is 22.9. The van der Waals surface area contributed by atoms with Gasteiger partial charge in [0.2, 0.25) is 0 Å². The molecule has 0 aromatic rings. The van der Waals surface area contributed by atoms with Gasteiger partial charge in [-0.3, -0.25) is 4.79 Å². The van der Waals surface area contributed by atoms with Gasteiger partial charge in [-0.2, -0.15) is 5.06 Å². The van der Waals surface area contributed by atoms with Crippen LogP contribution < -0.4 is 0 Å². The summed E-state index contributed by atoms with van der Waals surface area (Å²) < 4.78 is 0. The van der Waals surface area contributed by atoms with Crippen LogP contribution in [0, 0.1) is 5.92 Å². The van der Waals surface area contributed by atoms with Crippen LogP contribution in [0.2, 0.25) is 0 Å². The molecule has 0 radical (unpaired) electrons. The van der Waals surface area contributed by atoms with Crippen LogP contribution in [-0.2, 0) is 14.4 Å². The molecule has 13 heavy (non-hydrogen) atoms. The number of rotatable bonds is 3. The van der Waals surface area contributed by atoms with E-state index in [2.05, 4.69) is 0 Å². The number of allylic oxidation sites excluding steroid dienone is 1. The van der Waals surface area contributed by atoms with Gasteiger partial charge in [-0.15, -0.1) is 0 Å². The lowest BCUT2D eigenvalue weighted by atomic mass is 10.1. The van der Waals surface area contributed by atoms with Gasteiger partial charge in [0.05, 0.1) is 6.54 Å². The number of hydrogen-bond donors (Lipinski definition) is 0. The predicted octanol–water partition coefficient (Wildman–Crippen LogP) is 0.889. The second kappa shape index (κ2) is 4.07. The van der Waals surface area contributed by atoms with E-state index >= 15 is 0 Å². The Labute approximate surface area is 77.1 Å². The summed E-state index contributed by atoms with van der Waals surface area (Å²) in [7, 11) is 0. The molecule has 1 fully saturated rings. The maximum atomic E-state index is 11.4. The van der Waals surface area contributed by atoms with Crippen molar-refractivity contribution in [1.29, 1.82) is 0 Å². The topological polar surface area (TPSA) is 46.6 Å². The Morgan fingerprint density at radius 1 is 1.54 bits per heavy atom. The molecule has 0 saturated carbocycles. The molecule has 0 spiro atoms. The molecule has 1 amide bonds. The van der Waals surface area contributed by atoms with Crippen molar-refractivity contribution in [1.82, 2.24) is 5.06 Å². The summed E-state index contributed by atoms with van der Waals surface area (Å²) >= 11 is 0. The molecular formula is C9H13NO3. The minimum absolute atomic E-state index is 0.231. The quantitative estimate of drug-likeness (QED) is 0.482. The summed E-state index contributed by atoms with van der Waals surface area (Å²) in [6.45, 7) is 3.99. The number of carbonyl (C=O) groups excluding carboxylic acids is 2. The molecule has 0 aromatic carbocycles. The first-order chi connectivity index (χ1) is 6.20. The zero-order valence-electron chi connectivity index (χ0n) is 7.82. The van der Waals surface area contributed by atoms with E-state index in [-0.39, 0.29) is 5.91 Å². The number of carbonyl (C=O) groups is 2. The van der Waals surface area contributed by atoms with Crippen molar-refractivity contribution in [3.8, 4) is 0 Å². The molecule has 0 bridgehead atoms. The number of hydrogen-bond acceptors (Lipinski definition) is 3. The van der Waals surface area contributed by atoms with Crippen LogP contribution in [0.1, 0.15) is 20.3 Å². The highest BCUT2D eigenvalue weighted by atomic mass is 16.7. The molecule has 1 aliphatic rings. The van der Waals surface area contributed by atoms with Crippen LogP contribution in [-0.4, -0.2) is 23.5 Å². The third-order valence-electron chi connectivity index (χ3n) is 1.94. The SMILES string of the molecule is C/C=C/CN1OC(=O)C(CC)C1=O. The maximum absolute atomic E-state index is 11.4.